The summed E-state index contributed by atoms with van der Waals surface area (Å²) in [6.07, 6.45) is 1.77. The minimum absolute atomic E-state index is 0.127. The van der Waals surface area contributed by atoms with Crippen LogP contribution < -0.4 is 10.4 Å². The quantitative estimate of drug-likeness (QED) is 0.805. The maximum absolute atomic E-state index is 11.5. The average molecular weight is 204 g/mol. The minimum Gasteiger partial charge on any atom is -0.497 e. The molecule has 1 aromatic carbocycles. The van der Waals surface area contributed by atoms with E-state index in [-0.39, 0.29) is 5.69 Å². The van der Waals surface area contributed by atoms with E-state index in [1.54, 1.807) is 17.9 Å². The van der Waals surface area contributed by atoms with Gasteiger partial charge >= 0.3 is 5.69 Å². The maximum Gasteiger partial charge on any atom is 0.330 e. The number of aromatic amines is 1. The van der Waals surface area contributed by atoms with Crippen molar-refractivity contribution in [3.8, 4) is 11.4 Å². The number of ether oxygens (including phenoxy) is 1. The molecule has 78 valence electrons. The lowest BCUT2D eigenvalue weighted by Gasteiger charge is -2.02. The number of nitrogens with one attached hydrogen (secondary N) is 1. The van der Waals surface area contributed by atoms with E-state index in [1.807, 2.05) is 31.2 Å². The molecule has 0 saturated heterocycles. The molecule has 0 amide bonds. The number of aromatic nitrogens is 2. The Kier molecular flexibility index (Phi) is 2.33. The van der Waals surface area contributed by atoms with E-state index >= 15 is 0 Å². The Balaban J connectivity index is 2.45. The fraction of sp³-hybridized carbons (Fsp3) is 0.182. The highest BCUT2D eigenvalue weighted by molar-refractivity contribution is 5.37. The Morgan fingerprint density at radius 3 is 2.40 bits per heavy atom. The zero-order valence-electron chi connectivity index (χ0n) is 8.65. The maximum atomic E-state index is 11.5. The van der Waals surface area contributed by atoms with Crippen LogP contribution >= 0.6 is 0 Å². The third-order valence-electron chi connectivity index (χ3n) is 2.20. The van der Waals surface area contributed by atoms with Crippen LogP contribution in [0.15, 0.2) is 35.3 Å². The summed E-state index contributed by atoms with van der Waals surface area (Å²) in [5.74, 6) is 0.777. The van der Waals surface area contributed by atoms with Gasteiger partial charge in [0.1, 0.15) is 5.75 Å². The Morgan fingerprint density at radius 1 is 1.27 bits per heavy atom. The van der Waals surface area contributed by atoms with E-state index in [0.717, 1.165) is 17.1 Å². The van der Waals surface area contributed by atoms with E-state index < -0.39 is 0 Å². The van der Waals surface area contributed by atoms with Gasteiger partial charge in [0, 0.05) is 11.9 Å². The van der Waals surface area contributed by atoms with E-state index in [4.69, 9.17) is 4.74 Å². The number of aryl methyl sites for hydroxylation is 1. The lowest BCUT2D eigenvalue weighted by molar-refractivity contribution is 0.414. The minimum atomic E-state index is -0.127. The second-order valence-corrected chi connectivity index (χ2v) is 3.31. The number of hydrogen-bond donors (Lipinski definition) is 1. The van der Waals surface area contributed by atoms with Crippen molar-refractivity contribution in [3.05, 3.63) is 46.6 Å². The second-order valence-electron chi connectivity index (χ2n) is 3.31. The standard InChI is InChI=1S/C11H12N2O2/c1-8-7-13(11(14)12-8)9-3-5-10(15-2)6-4-9/h3-7H,1-2H3,(H,12,14). The molecule has 0 aliphatic heterocycles. The van der Waals surface area contributed by atoms with Crippen molar-refractivity contribution in [1.29, 1.82) is 0 Å². The summed E-state index contributed by atoms with van der Waals surface area (Å²) in [5, 5.41) is 0. The first-order valence-corrected chi connectivity index (χ1v) is 4.63. The summed E-state index contributed by atoms with van der Waals surface area (Å²) in [5.41, 5.74) is 1.54. The molecule has 1 N–H and O–H groups in total. The summed E-state index contributed by atoms with van der Waals surface area (Å²) >= 11 is 0. The monoisotopic (exact) mass is 204 g/mol. The zero-order valence-corrected chi connectivity index (χ0v) is 8.65. The fourth-order valence-corrected chi connectivity index (χ4v) is 1.45. The molecular formula is C11H12N2O2. The molecular weight excluding hydrogens is 192 g/mol. The van der Waals surface area contributed by atoms with Gasteiger partial charge in [-0.3, -0.25) is 4.57 Å². The molecule has 0 aliphatic carbocycles. The fourth-order valence-electron chi connectivity index (χ4n) is 1.45. The summed E-state index contributed by atoms with van der Waals surface area (Å²) in [4.78, 5) is 14.2. The highest BCUT2D eigenvalue weighted by Crippen LogP contribution is 2.13. The van der Waals surface area contributed by atoms with Gasteiger partial charge in [-0.05, 0) is 31.2 Å². The molecule has 0 radical (unpaired) electrons. The molecule has 0 bridgehead atoms. The first-order valence-electron chi connectivity index (χ1n) is 4.63. The van der Waals surface area contributed by atoms with E-state index in [1.165, 1.54) is 0 Å². The molecule has 0 spiro atoms. The summed E-state index contributed by atoms with van der Waals surface area (Å²) < 4.78 is 6.61. The number of H-pyrrole nitrogens is 1. The second kappa shape index (κ2) is 3.65. The summed E-state index contributed by atoms with van der Waals surface area (Å²) in [6.45, 7) is 1.85. The lowest BCUT2D eigenvalue weighted by Crippen LogP contribution is -2.13. The van der Waals surface area contributed by atoms with Crippen LogP contribution in [-0.2, 0) is 0 Å². The molecule has 2 aromatic rings. The van der Waals surface area contributed by atoms with Crippen LogP contribution in [-0.4, -0.2) is 16.7 Å². The Hall–Kier alpha value is -1.97. The third-order valence-corrected chi connectivity index (χ3v) is 2.20. The van der Waals surface area contributed by atoms with Gasteiger partial charge in [0.15, 0.2) is 0 Å². The van der Waals surface area contributed by atoms with Crippen LogP contribution in [0.5, 0.6) is 5.75 Å². The van der Waals surface area contributed by atoms with Crippen molar-refractivity contribution < 1.29 is 4.74 Å². The van der Waals surface area contributed by atoms with Crippen LogP contribution in [0.3, 0.4) is 0 Å². The molecule has 1 aromatic heterocycles. The number of imidazole rings is 1. The van der Waals surface area contributed by atoms with Crippen molar-refractivity contribution in [3.63, 3.8) is 0 Å². The molecule has 0 fully saturated rings. The largest absolute Gasteiger partial charge is 0.497 e. The Morgan fingerprint density at radius 2 is 1.93 bits per heavy atom. The number of methoxy groups -OCH3 is 1. The summed E-state index contributed by atoms with van der Waals surface area (Å²) in [6, 6.07) is 7.33. The van der Waals surface area contributed by atoms with Gasteiger partial charge < -0.3 is 9.72 Å². The molecule has 4 heteroatoms. The topological polar surface area (TPSA) is 47.0 Å². The van der Waals surface area contributed by atoms with E-state index in [2.05, 4.69) is 4.98 Å². The number of rotatable bonds is 2. The van der Waals surface area contributed by atoms with Gasteiger partial charge in [-0.15, -0.1) is 0 Å². The van der Waals surface area contributed by atoms with Crippen molar-refractivity contribution in [2.45, 2.75) is 6.92 Å². The van der Waals surface area contributed by atoms with Crippen LogP contribution in [0.2, 0.25) is 0 Å². The van der Waals surface area contributed by atoms with Crippen molar-refractivity contribution in [2.75, 3.05) is 7.11 Å². The normalized spacial score (nSPS) is 10.3. The molecule has 1 heterocycles. The first kappa shape index (κ1) is 9.58. The number of benzene rings is 1. The predicted molar refractivity (Wildman–Crippen MR) is 57.7 cm³/mol. The van der Waals surface area contributed by atoms with E-state index in [9.17, 15) is 4.79 Å². The van der Waals surface area contributed by atoms with Gasteiger partial charge in [-0.2, -0.15) is 0 Å². The van der Waals surface area contributed by atoms with Gasteiger partial charge in [0.2, 0.25) is 0 Å². The van der Waals surface area contributed by atoms with Crippen LogP contribution in [0, 0.1) is 6.92 Å². The lowest BCUT2D eigenvalue weighted by atomic mass is 10.3. The molecule has 2 rings (SSSR count). The highest BCUT2D eigenvalue weighted by Gasteiger charge is 2.01. The van der Waals surface area contributed by atoms with Crippen molar-refractivity contribution in [1.82, 2.24) is 9.55 Å². The van der Waals surface area contributed by atoms with Gasteiger partial charge in [0.05, 0.1) is 12.8 Å². The Labute approximate surface area is 87.1 Å². The number of hydrogen-bond acceptors (Lipinski definition) is 2. The highest BCUT2D eigenvalue weighted by atomic mass is 16.5. The van der Waals surface area contributed by atoms with E-state index in [0.29, 0.717) is 0 Å². The molecule has 0 atom stereocenters. The molecule has 0 saturated carbocycles. The molecule has 4 nitrogen and oxygen atoms in total. The molecule has 15 heavy (non-hydrogen) atoms. The van der Waals surface area contributed by atoms with Crippen LogP contribution in [0.1, 0.15) is 5.69 Å². The third kappa shape index (κ3) is 1.79. The SMILES string of the molecule is COc1ccc(-n2cc(C)[nH]c2=O)cc1. The van der Waals surface area contributed by atoms with Gasteiger partial charge in [0.25, 0.3) is 0 Å². The summed E-state index contributed by atoms with van der Waals surface area (Å²) in [7, 11) is 1.61. The van der Waals surface area contributed by atoms with Crippen LogP contribution in [0.4, 0.5) is 0 Å². The van der Waals surface area contributed by atoms with Gasteiger partial charge in [-0.25, -0.2) is 4.79 Å². The smallest absolute Gasteiger partial charge is 0.330 e. The van der Waals surface area contributed by atoms with Crippen molar-refractivity contribution >= 4 is 0 Å². The predicted octanol–water partition coefficient (Wildman–Crippen LogP) is 1.48. The van der Waals surface area contributed by atoms with Gasteiger partial charge in [-0.1, -0.05) is 0 Å². The number of nitrogens with zero attached hydrogens (tertiary/aromatic N) is 1. The van der Waals surface area contributed by atoms with Crippen LogP contribution in [0.25, 0.3) is 5.69 Å². The average Bonchev–Trinajstić information content (AvgIpc) is 2.58. The Bertz CT molecular complexity index is 508. The molecule has 0 unspecified atom stereocenters. The van der Waals surface area contributed by atoms with Crippen molar-refractivity contribution in [2.24, 2.45) is 0 Å². The first-order chi connectivity index (χ1) is 7.20. The zero-order chi connectivity index (χ0) is 10.8. The molecule has 0 aliphatic rings.